The van der Waals surface area contributed by atoms with Crippen molar-refractivity contribution < 1.29 is 17.9 Å². The predicted octanol–water partition coefficient (Wildman–Crippen LogP) is 4.75. The van der Waals surface area contributed by atoms with Crippen LogP contribution in [0.2, 0.25) is 5.02 Å². The molecule has 0 aromatic heterocycles. The smallest absolute Gasteiger partial charge is 0.264 e. The minimum Gasteiger partial charge on any atom is -0.493 e. The molecule has 0 saturated heterocycles. The maximum absolute atomic E-state index is 13.4. The molecule has 3 aromatic rings. The number of ether oxygens (including phenoxy) is 2. The predicted molar refractivity (Wildman–Crippen MR) is 111 cm³/mol. The monoisotopic (exact) mass is 417 g/mol. The van der Waals surface area contributed by atoms with Crippen LogP contribution in [0, 0.1) is 0 Å². The van der Waals surface area contributed by atoms with E-state index in [0.717, 1.165) is 0 Å². The maximum atomic E-state index is 13.4. The van der Waals surface area contributed by atoms with Gasteiger partial charge in [-0.25, -0.2) is 8.42 Å². The lowest BCUT2D eigenvalue weighted by molar-refractivity contribution is 0.355. The second-order valence-corrected chi connectivity index (χ2v) is 8.22. The molecule has 3 rings (SSSR count). The molecule has 0 saturated carbocycles. The van der Waals surface area contributed by atoms with Gasteiger partial charge in [0.25, 0.3) is 10.0 Å². The third-order valence-electron chi connectivity index (χ3n) is 4.26. The summed E-state index contributed by atoms with van der Waals surface area (Å²) in [5.41, 5.74) is 1.14. The molecule has 0 bridgehead atoms. The largest absolute Gasteiger partial charge is 0.493 e. The Labute approximate surface area is 170 Å². The Morgan fingerprint density at radius 3 is 2.14 bits per heavy atom. The van der Waals surface area contributed by atoms with Crippen molar-refractivity contribution >= 4 is 27.3 Å². The van der Waals surface area contributed by atoms with Crippen LogP contribution in [0.4, 0.5) is 5.69 Å². The third kappa shape index (κ3) is 4.08. The Hall–Kier alpha value is -2.70. The van der Waals surface area contributed by atoms with E-state index in [1.807, 2.05) is 6.07 Å². The van der Waals surface area contributed by atoms with Crippen LogP contribution < -0.4 is 13.8 Å². The Morgan fingerprint density at radius 2 is 1.50 bits per heavy atom. The molecule has 5 nitrogen and oxygen atoms in total. The van der Waals surface area contributed by atoms with Crippen molar-refractivity contribution in [3.63, 3.8) is 0 Å². The first-order valence-electron chi connectivity index (χ1n) is 8.50. The van der Waals surface area contributed by atoms with Gasteiger partial charge in [-0.15, -0.1) is 0 Å². The van der Waals surface area contributed by atoms with E-state index in [1.165, 1.54) is 18.5 Å². The minimum absolute atomic E-state index is 0.0758. The van der Waals surface area contributed by atoms with Crippen LogP contribution in [-0.2, 0) is 16.6 Å². The van der Waals surface area contributed by atoms with Gasteiger partial charge >= 0.3 is 0 Å². The fraction of sp³-hybridized carbons (Fsp3) is 0.143. The summed E-state index contributed by atoms with van der Waals surface area (Å²) in [4.78, 5) is 0.192. The molecule has 0 atom stereocenters. The number of anilines is 1. The molecule has 0 spiro atoms. The molecule has 7 heteroatoms. The Morgan fingerprint density at radius 1 is 0.857 bits per heavy atom. The quantitative estimate of drug-likeness (QED) is 0.556. The highest BCUT2D eigenvalue weighted by atomic mass is 35.5. The number of sulfonamides is 1. The molecule has 0 N–H and O–H groups in total. The maximum Gasteiger partial charge on any atom is 0.264 e. The summed E-state index contributed by atoms with van der Waals surface area (Å²) in [7, 11) is -0.802. The van der Waals surface area contributed by atoms with Gasteiger partial charge in [0.1, 0.15) is 0 Å². The molecule has 0 fully saturated rings. The van der Waals surface area contributed by atoms with E-state index in [2.05, 4.69) is 0 Å². The fourth-order valence-corrected chi connectivity index (χ4v) is 4.45. The zero-order chi connectivity index (χ0) is 20.1. The summed E-state index contributed by atoms with van der Waals surface area (Å²) in [5, 5.41) is 0.497. The van der Waals surface area contributed by atoms with Crippen molar-refractivity contribution in [3.05, 3.63) is 83.4 Å². The fourth-order valence-electron chi connectivity index (χ4n) is 2.80. The van der Waals surface area contributed by atoms with Crippen molar-refractivity contribution in [1.82, 2.24) is 0 Å². The van der Waals surface area contributed by atoms with Gasteiger partial charge in [0, 0.05) is 11.1 Å². The number of methoxy groups -OCH3 is 2. The molecule has 0 heterocycles. The number of hydrogen-bond acceptors (Lipinski definition) is 4. The van der Waals surface area contributed by atoms with Crippen LogP contribution in [-0.4, -0.2) is 22.6 Å². The zero-order valence-electron chi connectivity index (χ0n) is 15.5. The lowest BCUT2D eigenvalue weighted by atomic mass is 10.2. The van der Waals surface area contributed by atoms with Gasteiger partial charge in [-0.3, -0.25) is 4.31 Å². The van der Waals surface area contributed by atoms with Crippen molar-refractivity contribution in [2.24, 2.45) is 0 Å². The Bertz CT molecular complexity index is 1060. The van der Waals surface area contributed by atoms with E-state index < -0.39 is 10.0 Å². The van der Waals surface area contributed by atoms with Crippen molar-refractivity contribution in [1.29, 1.82) is 0 Å². The third-order valence-corrected chi connectivity index (χ3v) is 6.41. The average Bonchev–Trinajstić information content (AvgIpc) is 2.73. The number of halogens is 1. The van der Waals surface area contributed by atoms with Crippen LogP contribution >= 0.6 is 11.6 Å². The average molecular weight is 418 g/mol. The molecule has 146 valence electrons. The van der Waals surface area contributed by atoms with Gasteiger partial charge in [0.05, 0.1) is 31.3 Å². The first-order valence-corrected chi connectivity index (χ1v) is 10.3. The molecular formula is C21H20ClNO4S. The molecular weight excluding hydrogens is 398 g/mol. The van der Waals surface area contributed by atoms with Crippen molar-refractivity contribution in [2.75, 3.05) is 18.5 Å². The molecule has 0 unspecified atom stereocenters. The second-order valence-electron chi connectivity index (χ2n) is 5.96. The molecule has 0 aliphatic carbocycles. The van der Waals surface area contributed by atoms with Gasteiger partial charge in [0.15, 0.2) is 11.5 Å². The van der Waals surface area contributed by atoms with Crippen LogP contribution in [0.25, 0.3) is 0 Å². The van der Waals surface area contributed by atoms with E-state index in [1.54, 1.807) is 66.7 Å². The summed E-state index contributed by atoms with van der Waals surface area (Å²) < 4.78 is 38.7. The lowest BCUT2D eigenvalue weighted by Gasteiger charge is -2.26. The summed E-state index contributed by atoms with van der Waals surface area (Å²) in [5.74, 6) is 0.952. The van der Waals surface area contributed by atoms with E-state index >= 15 is 0 Å². The molecule has 0 aliphatic rings. The van der Waals surface area contributed by atoms with Crippen LogP contribution in [0.3, 0.4) is 0 Å². The zero-order valence-corrected chi connectivity index (χ0v) is 17.1. The number of nitrogens with zero attached hydrogens (tertiary/aromatic N) is 1. The lowest BCUT2D eigenvalue weighted by Crippen LogP contribution is -2.30. The molecule has 3 aromatic carbocycles. The number of rotatable bonds is 7. The highest BCUT2D eigenvalue weighted by Gasteiger charge is 2.26. The number of benzene rings is 3. The molecule has 0 radical (unpaired) electrons. The van der Waals surface area contributed by atoms with Crippen molar-refractivity contribution in [3.8, 4) is 11.5 Å². The summed E-state index contributed by atoms with van der Waals surface area (Å²) in [6, 6.07) is 20.4. The summed E-state index contributed by atoms with van der Waals surface area (Å²) >= 11 is 6.29. The van der Waals surface area contributed by atoms with E-state index in [4.69, 9.17) is 21.1 Å². The minimum atomic E-state index is -3.84. The topological polar surface area (TPSA) is 55.8 Å². The van der Waals surface area contributed by atoms with Crippen LogP contribution in [0.5, 0.6) is 11.5 Å². The molecule has 0 aliphatic heterocycles. The molecule has 28 heavy (non-hydrogen) atoms. The second kappa shape index (κ2) is 8.54. The first kappa shape index (κ1) is 20.0. The van der Waals surface area contributed by atoms with E-state index in [9.17, 15) is 8.42 Å². The van der Waals surface area contributed by atoms with Crippen LogP contribution in [0.15, 0.2) is 77.7 Å². The number of hydrogen-bond donors (Lipinski definition) is 0. The van der Waals surface area contributed by atoms with Gasteiger partial charge in [-0.2, -0.15) is 0 Å². The highest BCUT2D eigenvalue weighted by Crippen LogP contribution is 2.35. The SMILES string of the molecule is COc1ccc(N(Cc2ccccc2Cl)S(=O)(=O)c2ccccc2)cc1OC. The Kier molecular flexibility index (Phi) is 6.11. The van der Waals surface area contributed by atoms with E-state index in [0.29, 0.717) is 27.8 Å². The summed E-state index contributed by atoms with van der Waals surface area (Å²) in [6.45, 7) is 0.0758. The Balaban J connectivity index is 2.13. The first-order chi connectivity index (χ1) is 13.5. The van der Waals surface area contributed by atoms with Gasteiger partial charge in [-0.1, -0.05) is 48.0 Å². The standard InChI is InChI=1S/C21H20ClNO4S/c1-26-20-13-12-17(14-21(20)27-2)23(15-16-8-6-7-11-19(16)22)28(24,25)18-9-4-3-5-10-18/h3-14H,15H2,1-2H3. The van der Waals surface area contributed by atoms with Crippen molar-refractivity contribution in [2.45, 2.75) is 11.4 Å². The molecule has 0 amide bonds. The van der Waals surface area contributed by atoms with Gasteiger partial charge in [-0.05, 0) is 35.9 Å². The van der Waals surface area contributed by atoms with Gasteiger partial charge < -0.3 is 9.47 Å². The summed E-state index contributed by atoms with van der Waals surface area (Å²) in [6.07, 6.45) is 0. The van der Waals surface area contributed by atoms with Gasteiger partial charge in [0.2, 0.25) is 0 Å². The van der Waals surface area contributed by atoms with E-state index in [-0.39, 0.29) is 11.4 Å². The highest BCUT2D eigenvalue weighted by molar-refractivity contribution is 7.92. The normalized spacial score (nSPS) is 11.1. The van der Waals surface area contributed by atoms with Crippen LogP contribution in [0.1, 0.15) is 5.56 Å².